The number of ether oxygens (including phenoxy) is 1. The number of carbonyl (C=O) groups excluding carboxylic acids is 1. The number of rotatable bonds is 5. The van der Waals surface area contributed by atoms with Gasteiger partial charge in [-0.15, -0.1) is 0 Å². The molecule has 0 radical (unpaired) electrons. The van der Waals surface area contributed by atoms with Crippen LogP contribution in [0.5, 0.6) is 5.75 Å². The molecule has 2 aromatic heterocycles. The summed E-state index contributed by atoms with van der Waals surface area (Å²) in [5.74, 6) is 1.15. The number of fused-ring (bicyclic) bond motifs is 1. The standard InChI is InChI=1S/C22H16N4O3/c1-14-4-2-3-5-18(14)28-13-21(27)26-20-9-7-16(12-24-20)22-25-17-10-15(11-23)6-8-19(17)29-22/h2-10,12H,13H2,1H3,(H,24,26,27). The highest BCUT2D eigenvalue weighted by Gasteiger charge is 2.11. The molecule has 142 valence electrons. The molecule has 7 heteroatoms. The molecule has 0 atom stereocenters. The number of oxazole rings is 1. The van der Waals surface area contributed by atoms with Crippen molar-refractivity contribution in [3.8, 4) is 23.3 Å². The summed E-state index contributed by atoms with van der Waals surface area (Å²) < 4.78 is 11.2. The van der Waals surface area contributed by atoms with E-state index >= 15 is 0 Å². The van der Waals surface area contributed by atoms with Crippen LogP contribution in [0.1, 0.15) is 11.1 Å². The Kier molecular flexibility index (Phi) is 4.91. The zero-order chi connectivity index (χ0) is 20.2. The lowest BCUT2D eigenvalue weighted by Gasteiger charge is -2.09. The Hall–Kier alpha value is -4.18. The Bertz CT molecular complexity index is 1220. The number of amides is 1. The zero-order valence-electron chi connectivity index (χ0n) is 15.5. The van der Waals surface area contributed by atoms with Gasteiger partial charge in [0.2, 0.25) is 5.89 Å². The summed E-state index contributed by atoms with van der Waals surface area (Å²) in [5, 5.41) is 11.7. The number of nitriles is 1. The average Bonchev–Trinajstić information content (AvgIpc) is 3.17. The van der Waals surface area contributed by atoms with Crippen LogP contribution in [0.25, 0.3) is 22.6 Å². The van der Waals surface area contributed by atoms with Gasteiger partial charge in [0.15, 0.2) is 12.2 Å². The molecule has 0 fully saturated rings. The fourth-order valence-corrected chi connectivity index (χ4v) is 2.76. The predicted molar refractivity (Wildman–Crippen MR) is 107 cm³/mol. The van der Waals surface area contributed by atoms with E-state index in [2.05, 4.69) is 21.4 Å². The number of para-hydroxylation sites is 1. The summed E-state index contributed by atoms with van der Waals surface area (Å²) in [6.07, 6.45) is 1.56. The number of benzene rings is 2. The van der Waals surface area contributed by atoms with Crippen molar-refractivity contribution < 1.29 is 13.9 Å². The Labute approximate surface area is 166 Å². The minimum absolute atomic E-state index is 0.110. The van der Waals surface area contributed by atoms with Gasteiger partial charge in [0.25, 0.3) is 5.91 Å². The van der Waals surface area contributed by atoms with E-state index in [1.807, 2.05) is 31.2 Å². The van der Waals surface area contributed by atoms with Crippen molar-refractivity contribution in [2.45, 2.75) is 6.92 Å². The molecule has 4 rings (SSSR count). The van der Waals surface area contributed by atoms with Gasteiger partial charge >= 0.3 is 0 Å². The quantitative estimate of drug-likeness (QED) is 0.556. The third-order valence-corrected chi connectivity index (χ3v) is 4.25. The average molecular weight is 384 g/mol. The monoisotopic (exact) mass is 384 g/mol. The van der Waals surface area contributed by atoms with Crippen LogP contribution in [-0.4, -0.2) is 22.5 Å². The molecule has 0 saturated heterocycles. The molecule has 0 unspecified atom stereocenters. The van der Waals surface area contributed by atoms with Crippen molar-refractivity contribution in [3.63, 3.8) is 0 Å². The van der Waals surface area contributed by atoms with Crippen molar-refractivity contribution in [3.05, 3.63) is 71.9 Å². The second kappa shape index (κ2) is 7.82. The van der Waals surface area contributed by atoms with E-state index in [-0.39, 0.29) is 12.5 Å². The van der Waals surface area contributed by atoms with Gasteiger partial charge in [-0.2, -0.15) is 5.26 Å². The minimum atomic E-state index is -0.306. The van der Waals surface area contributed by atoms with Crippen LogP contribution in [0.15, 0.2) is 65.2 Å². The van der Waals surface area contributed by atoms with E-state index in [9.17, 15) is 4.79 Å². The lowest BCUT2D eigenvalue weighted by molar-refractivity contribution is -0.118. The molecule has 0 bridgehead atoms. The molecule has 7 nitrogen and oxygen atoms in total. The third-order valence-electron chi connectivity index (χ3n) is 4.25. The number of pyridine rings is 1. The molecule has 2 aromatic carbocycles. The molecule has 0 saturated carbocycles. The summed E-state index contributed by atoms with van der Waals surface area (Å²) in [7, 11) is 0. The molecular formula is C22H16N4O3. The Morgan fingerprint density at radius 2 is 2.07 bits per heavy atom. The molecule has 0 spiro atoms. The SMILES string of the molecule is Cc1ccccc1OCC(=O)Nc1ccc(-c2nc3cc(C#N)ccc3o2)cn1. The number of nitrogens with one attached hydrogen (secondary N) is 1. The van der Waals surface area contributed by atoms with E-state index in [4.69, 9.17) is 14.4 Å². The van der Waals surface area contributed by atoms with Crippen LogP contribution in [0.3, 0.4) is 0 Å². The fourth-order valence-electron chi connectivity index (χ4n) is 2.76. The second-order valence-electron chi connectivity index (χ2n) is 6.35. The van der Waals surface area contributed by atoms with Crippen molar-refractivity contribution in [2.75, 3.05) is 11.9 Å². The minimum Gasteiger partial charge on any atom is -0.483 e. The normalized spacial score (nSPS) is 10.5. The predicted octanol–water partition coefficient (Wildman–Crippen LogP) is 4.09. The van der Waals surface area contributed by atoms with E-state index < -0.39 is 0 Å². The maximum Gasteiger partial charge on any atom is 0.263 e. The summed E-state index contributed by atoms with van der Waals surface area (Å²) in [4.78, 5) is 20.7. The highest BCUT2D eigenvalue weighted by atomic mass is 16.5. The van der Waals surface area contributed by atoms with Gasteiger partial charge in [-0.25, -0.2) is 9.97 Å². The van der Waals surface area contributed by atoms with Gasteiger partial charge in [0, 0.05) is 6.20 Å². The van der Waals surface area contributed by atoms with E-state index in [0.29, 0.717) is 39.7 Å². The molecule has 0 aliphatic heterocycles. The lowest BCUT2D eigenvalue weighted by atomic mass is 10.2. The maximum atomic E-state index is 12.1. The molecular weight excluding hydrogens is 368 g/mol. The lowest BCUT2D eigenvalue weighted by Crippen LogP contribution is -2.20. The van der Waals surface area contributed by atoms with Gasteiger partial charge in [-0.3, -0.25) is 4.79 Å². The second-order valence-corrected chi connectivity index (χ2v) is 6.35. The van der Waals surface area contributed by atoms with Gasteiger partial charge in [0.05, 0.1) is 17.2 Å². The third kappa shape index (κ3) is 4.06. The number of nitrogens with zero attached hydrogens (tertiary/aromatic N) is 3. The Morgan fingerprint density at radius 1 is 1.21 bits per heavy atom. The fraction of sp³-hybridized carbons (Fsp3) is 0.0909. The first-order chi connectivity index (χ1) is 14.1. The largest absolute Gasteiger partial charge is 0.483 e. The van der Waals surface area contributed by atoms with E-state index in [0.717, 1.165) is 5.56 Å². The Morgan fingerprint density at radius 3 is 2.83 bits per heavy atom. The van der Waals surface area contributed by atoms with Crippen LogP contribution in [0, 0.1) is 18.3 Å². The van der Waals surface area contributed by atoms with Gasteiger partial charge in [0.1, 0.15) is 17.1 Å². The van der Waals surface area contributed by atoms with E-state index in [1.54, 1.807) is 36.5 Å². The highest BCUT2D eigenvalue weighted by molar-refractivity contribution is 5.91. The molecule has 1 amide bonds. The number of anilines is 1. The van der Waals surface area contributed by atoms with Gasteiger partial charge < -0.3 is 14.5 Å². The number of hydrogen-bond donors (Lipinski definition) is 1. The number of carbonyl (C=O) groups is 1. The summed E-state index contributed by atoms with van der Waals surface area (Å²) in [5.41, 5.74) is 3.33. The van der Waals surface area contributed by atoms with Crippen LogP contribution < -0.4 is 10.1 Å². The Balaban J connectivity index is 1.42. The zero-order valence-corrected chi connectivity index (χ0v) is 15.5. The number of aromatic nitrogens is 2. The first-order valence-corrected chi connectivity index (χ1v) is 8.88. The molecule has 4 aromatic rings. The highest BCUT2D eigenvalue weighted by Crippen LogP contribution is 2.25. The van der Waals surface area contributed by atoms with Crippen molar-refractivity contribution >= 4 is 22.8 Å². The van der Waals surface area contributed by atoms with Crippen molar-refractivity contribution in [1.82, 2.24) is 9.97 Å². The maximum absolute atomic E-state index is 12.1. The topological polar surface area (TPSA) is 101 Å². The van der Waals surface area contributed by atoms with Crippen LogP contribution >= 0.6 is 0 Å². The van der Waals surface area contributed by atoms with Gasteiger partial charge in [-0.05, 0) is 48.9 Å². The molecule has 1 N–H and O–H groups in total. The molecule has 2 heterocycles. The van der Waals surface area contributed by atoms with Crippen LogP contribution in [0.2, 0.25) is 0 Å². The summed E-state index contributed by atoms with van der Waals surface area (Å²) >= 11 is 0. The molecule has 0 aliphatic carbocycles. The first kappa shape index (κ1) is 18.2. The molecule has 29 heavy (non-hydrogen) atoms. The number of hydrogen-bond acceptors (Lipinski definition) is 6. The van der Waals surface area contributed by atoms with Crippen molar-refractivity contribution in [2.24, 2.45) is 0 Å². The van der Waals surface area contributed by atoms with Crippen LogP contribution in [-0.2, 0) is 4.79 Å². The smallest absolute Gasteiger partial charge is 0.263 e. The van der Waals surface area contributed by atoms with Crippen molar-refractivity contribution in [1.29, 1.82) is 5.26 Å². The van der Waals surface area contributed by atoms with Gasteiger partial charge in [-0.1, -0.05) is 18.2 Å². The summed E-state index contributed by atoms with van der Waals surface area (Å²) in [6, 6.07) is 18.0. The number of aryl methyl sites for hydroxylation is 1. The van der Waals surface area contributed by atoms with Crippen LogP contribution in [0.4, 0.5) is 5.82 Å². The molecule has 0 aliphatic rings. The summed E-state index contributed by atoms with van der Waals surface area (Å²) in [6.45, 7) is 1.81. The first-order valence-electron chi connectivity index (χ1n) is 8.88. The van der Waals surface area contributed by atoms with E-state index in [1.165, 1.54) is 0 Å².